The Kier molecular flexibility index (Phi) is 5.12. The maximum Gasteiger partial charge on any atom is 0.165 e. The first kappa shape index (κ1) is 15.0. The Morgan fingerprint density at radius 1 is 1.40 bits per heavy atom. The average molecular weight is 282 g/mol. The number of ether oxygens (including phenoxy) is 1. The first-order valence-electron chi connectivity index (χ1n) is 6.98. The minimum Gasteiger partial charge on any atom is -0.490 e. The van der Waals surface area contributed by atoms with E-state index in [1.165, 1.54) is 0 Å². The van der Waals surface area contributed by atoms with Crippen molar-refractivity contribution in [1.29, 1.82) is 0 Å². The second-order valence-corrected chi connectivity index (χ2v) is 5.27. The van der Waals surface area contributed by atoms with Crippen LogP contribution in [0.3, 0.4) is 0 Å². The Morgan fingerprint density at radius 2 is 2.15 bits per heavy atom. The van der Waals surface area contributed by atoms with Crippen molar-refractivity contribution in [3.8, 4) is 5.75 Å². The SMILES string of the molecule is C=CCCC[C@@H](CO)[C@@H]1COc2c(F)ccc(F)c2C1. The highest BCUT2D eigenvalue weighted by molar-refractivity contribution is 5.38. The van der Waals surface area contributed by atoms with E-state index in [2.05, 4.69) is 6.58 Å². The molecule has 0 unspecified atom stereocenters. The predicted molar refractivity (Wildman–Crippen MR) is 73.7 cm³/mol. The lowest BCUT2D eigenvalue weighted by atomic mass is 9.83. The number of benzene rings is 1. The minimum absolute atomic E-state index is 0.0219. The van der Waals surface area contributed by atoms with Gasteiger partial charge in [-0.1, -0.05) is 6.08 Å². The van der Waals surface area contributed by atoms with Crippen LogP contribution in [0.5, 0.6) is 5.75 Å². The monoisotopic (exact) mass is 282 g/mol. The molecule has 2 atom stereocenters. The zero-order valence-corrected chi connectivity index (χ0v) is 11.4. The van der Waals surface area contributed by atoms with Gasteiger partial charge in [0.05, 0.1) is 6.61 Å². The van der Waals surface area contributed by atoms with Crippen molar-refractivity contribution >= 4 is 0 Å². The Hall–Kier alpha value is -1.42. The molecule has 0 fully saturated rings. The third-order valence-electron chi connectivity index (χ3n) is 3.95. The van der Waals surface area contributed by atoms with Crippen molar-refractivity contribution in [2.24, 2.45) is 11.8 Å². The summed E-state index contributed by atoms with van der Waals surface area (Å²) in [6.45, 7) is 4.03. The van der Waals surface area contributed by atoms with Crippen LogP contribution in [0.1, 0.15) is 24.8 Å². The molecule has 1 aromatic carbocycles. The molecule has 0 aromatic heterocycles. The van der Waals surface area contributed by atoms with E-state index in [4.69, 9.17) is 4.74 Å². The quantitative estimate of drug-likeness (QED) is 0.639. The summed E-state index contributed by atoms with van der Waals surface area (Å²) >= 11 is 0. The lowest BCUT2D eigenvalue weighted by Gasteiger charge is -2.31. The first-order valence-corrected chi connectivity index (χ1v) is 6.98. The van der Waals surface area contributed by atoms with Crippen LogP contribution in [0.15, 0.2) is 24.8 Å². The summed E-state index contributed by atoms with van der Waals surface area (Å²) in [6, 6.07) is 2.22. The molecule has 0 saturated heterocycles. The lowest BCUT2D eigenvalue weighted by molar-refractivity contribution is 0.105. The molecule has 2 rings (SSSR count). The smallest absolute Gasteiger partial charge is 0.165 e. The fraction of sp³-hybridized carbons (Fsp3) is 0.500. The fourth-order valence-electron chi connectivity index (χ4n) is 2.74. The Labute approximate surface area is 118 Å². The molecule has 1 heterocycles. The maximum absolute atomic E-state index is 13.8. The topological polar surface area (TPSA) is 29.5 Å². The Bertz CT molecular complexity index is 474. The van der Waals surface area contributed by atoms with Crippen LogP contribution in [0.25, 0.3) is 0 Å². The van der Waals surface area contributed by atoms with Crippen LogP contribution in [-0.4, -0.2) is 18.3 Å². The number of hydrogen-bond acceptors (Lipinski definition) is 2. The van der Waals surface area contributed by atoms with E-state index in [1.807, 2.05) is 6.08 Å². The van der Waals surface area contributed by atoms with Crippen LogP contribution in [0, 0.1) is 23.5 Å². The molecule has 0 spiro atoms. The van der Waals surface area contributed by atoms with E-state index in [0.29, 0.717) is 18.6 Å². The van der Waals surface area contributed by atoms with E-state index in [-0.39, 0.29) is 24.2 Å². The molecule has 1 N–H and O–H groups in total. The molecule has 0 bridgehead atoms. The molecular weight excluding hydrogens is 262 g/mol. The van der Waals surface area contributed by atoms with Gasteiger partial charge in [-0.3, -0.25) is 0 Å². The number of allylic oxidation sites excluding steroid dienone is 1. The van der Waals surface area contributed by atoms with Gasteiger partial charge < -0.3 is 9.84 Å². The summed E-state index contributed by atoms with van der Waals surface area (Å²) in [4.78, 5) is 0. The Balaban J connectivity index is 2.09. The zero-order chi connectivity index (χ0) is 14.5. The fourth-order valence-corrected chi connectivity index (χ4v) is 2.74. The van der Waals surface area contributed by atoms with Crippen molar-refractivity contribution < 1.29 is 18.6 Å². The number of halogens is 2. The van der Waals surface area contributed by atoms with Gasteiger partial charge in [-0.2, -0.15) is 0 Å². The first-order chi connectivity index (χ1) is 9.67. The largest absolute Gasteiger partial charge is 0.490 e. The van der Waals surface area contributed by atoms with Crippen LogP contribution in [0.4, 0.5) is 8.78 Å². The van der Waals surface area contributed by atoms with E-state index in [1.54, 1.807) is 0 Å². The molecule has 110 valence electrons. The van der Waals surface area contributed by atoms with Crippen LogP contribution >= 0.6 is 0 Å². The zero-order valence-electron chi connectivity index (χ0n) is 11.4. The van der Waals surface area contributed by atoms with Crippen molar-refractivity contribution in [2.75, 3.05) is 13.2 Å². The summed E-state index contributed by atoms with van der Waals surface area (Å²) in [7, 11) is 0. The minimum atomic E-state index is -0.521. The van der Waals surface area contributed by atoms with Gasteiger partial charge in [0.25, 0.3) is 0 Å². The second-order valence-electron chi connectivity index (χ2n) is 5.27. The highest BCUT2D eigenvalue weighted by Crippen LogP contribution is 2.35. The van der Waals surface area contributed by atoms with E-state index < -0.39 is 11.6 Å². The van der Waals surface area contributed by atoms with Gasteiger partial charge in [0.15, 0.2) is 11.6 Å². The normalized spacial score (nSPS) is 19.1. The summed E-state index contributed by atoms with van der Waals surface area (Å²) in [5.74, 6) is -0.857. The predicted octanol–water partition coefficient (Wildman–Crippen LogP) is 3.48. The molecular formula is C16H20F2O2. The standard InChI is InChI=1S/C16H20F2O2/c1-2-3-4-5-11(9-19)12-8-13-14(17)6-7-15(18)16(13)20-10-12/h2,6-7,11-12,19H,1,3-5,8-10H2/t11-,12-/m0/s1. The van der Waals surface area contributed by atoms with Crippen LogP contribution < -0.4 is 4.74 Å². The van der Waals surface area contributed by atoms with Crippen LogP contribution in [-0.2, 0) is 6.42 Å². The van der Waals surface area contributed by atoms with Gasteiger partial charge in [0.1, 0.15) is 5.82 Å². The molecule has 0 saturated carbocycles. The number of fused-ring (bicyclic) bond motifs is 1. The molecule has 20 heavy (non-hydrogen) atoms. The van der Waals surface area contributed by atoms with Crippen molar-refractivity contribution in [2.45, 2.75) is 25.7 Å². The van der Waals surface area contributed by atoms with Gasteiger partial charge in [-0.25, -0.2) is 8.78 Å². The number of unbranched alkanes of at least 4 members (excludes halogenated alkanes) is 1. The molecule has 0 radical (unpaired) electrons. The molecule has 1 aromatic rings. The van der Waals surface area contributed by atoms with Gasteiger partial charge >= 0.3 is 0 Å². The molecule has 1 aliphatic rings. The maximum atomic E-state index is 13.8. The highest BCUT2D eigenvalue weighted by Gasteiger charge is 2.30. The van der Waals surface area contributed by atoms with Crippen molar-refractivity contribution in [3.63, 3.8) is 0 Å². The molecule has 0 amide bonds. The van der Waals surface area contributed by atoms with E-state index >= 15 is 0 Å². The van der Waals surface area contributed by atoms with E-state index in [0.717, 1.165) is 31.4 Å². The summed E-state index contributed by atoms with van der Waals surface area (Å²) in [5, 5.41) is 9.50. The van der Waals surface area contributed by atoms with E-state index in [9.17, 15) is 13.9 Å². The van der Waals surface area contributed by atoms with Gasteiger partial charge in [-0.05, 0) is 43.7 Å². The number of hydrogen-bond donors (Lipinski definition) is 1. The van der Waals surface area contributed by atoms with Crippen LogP contribution in [0.2, 0.25) is 0 Å². The van der Waals surface area contributed by atoms with Crippen molar-refractivity contribution in [3.05, 3.63) is 42.0 Å². The second kappa shape index (κ2) is 6.84. The van der Waals surface area contributed by atoms with Gasteiger partial charge in [0, 0.05) is 18.1 Å². The lowest BCUT2D eigenvalue weighted by Crippen LogP contribution is -2.31. The molecule has 2 nitrogen and oxygen atoms in total. The third-order valence-corrected chi connectivity index (χ3v) is 3.95. The highest BCUT2D eigenvalue weighted by atomic mass is 19.1. The summed E-state index contributed by atoms with van der Waals surface area (Å²) < 4.78 is 32.7. The summed E-state index contributed by atoms with van der Waals surface area (Å²) in [6.07, 6.45) is 4.92. The third kappa shape index (κ3) is 3.18. The summed E-state index contributed by atoms with van der Waals surface area (Å²) in [5.41, 5.74) is 0.295. The number of rotatable bonds is 6. The molecule has 0 aliphatic carbocycles. The molecule has 4 heteroatoms. The number of aliphatic hydroxyl groups is 1. The van der Waals surface area contributed by atoms with Crippen molar-refractivity contribution in [1.82, 2.24) is 0 Å². The van der Waals surface area contributed by atoms with Gasteiger partial charge in [-0.15, -0.1) is 6.58 Å². The van der Waals surface area contributed by atoms with Gasteiger partial charge in [0.2, 0.25) is 0 Å². The number of aliphatic hydroxyl groups excluding tert-OH is 1. The molecule has 1 aliphatic heterocycles. The average Bonchev–Trinajstić information content (AvgIpc) is 2.47. The Morgan fingerprint density at radius 3 is 2.85 bits per heavy atom.